The lowest BCUT2D eigenvalue weighted by Crippen LogP contribution is -2.38. The molecule has 0 saturated heterocycles. The average molecular weight is 520 g/mol. The van der Waals surface area contributed by atoms with E-state index in [0.29, 0.717) is 23.7 Å². The van der Waals surface area contributed by atoms with Crippen molar-refractivity contribution >= 4 is 50.9 Å². The van der Waals surface area contributed by atoms with Gasteiger partial charge in [0, 0.05) is 10.2 Å². The molecule has 9 heteroatoms. The largest absolute Gasteiger partial charge is 0.482 e. The molecular weight excluding hydrogens is 502 g/mol. The van der Waals surface area contributed by atoms with Crippen molar-refractivity contribution in [2.75, 3.05) is 23.4 Å². The minimum atomic E-state index is -0.531. The Labute approximate surface area is 203 Å². The van der Waals surface area contributed by atoms with Crippen LogP contribution in [0.5, 0.6) is 5.75 Å². The summed E-state index contributed by atoms with van der Waals surface area (Å²) in [5.41, 5.74) is 2.45. The van der Waals surface area contributed by atoms with E-state index in [1.807, 2.05) is 24.3 Å². The van der Waals surface area contributed by atoms with Crippen molar-refractivity contribution in [1.29, 1.82) is 0 Å². The molecule has 0 saturated carbocycles. The third kappa shape index (κ3) is 4.06. The van der Waals surface area contributed by atoms with Gasteiger partial charge in [0.1, 0.15) is 12.3 Å². The second-order valence-corrected chi connectivity index (χ2v) is 8.78. The van der Waals surface area contributed by atoms with Crippen molar-refractivity contribution in [3.05, 3.63) is 87.9 Å². The van der Waals surface area contributed by atoms with Gasteiger partial charge in [0.25, 0.3) is 17.7 Å². The molecule has 0 atom stereocenters. The highest BCUT2D eigenvalue weighted by Gasteiger charge is 2.36. The fraction of sp³-hybridized carbons (Fsp3) is 0.120. The number of benzene rings is 3. The number of halogens is 1. The third-order valence-corrected chi connectivity index (χ3v) is 6.15. The molecule has 0 spiro atoms. The molecule has 1 N–H and O–H groups in total. The van der Waals surface area contributed by atoms with Crippen molar-refractivity contribution in [3.8, 4) is 5.75 Å². The summed E-state index contributed by atoms with van der Waals surface area (Å²) in [5.74, 6) is -1.21. The topological polar surface area (TPSA) is 96.0 Å². The van der Waals surface area contributed by atoms with Gasteiger partial charge in [-0.2, -0.15) is 0 Å². The number of fused-ring (bicyclic) bond motifs is 2. The molecule has 0 unspecified atom stereocenters. The lowest BCUT2D eigenvalue weighted by molar-refractivity contribution is -0.121. The molecule has 8 nitrogen and oxygen atoms in total. The first-order chi connectivity index (χ1) is 16.4. The summed E-state index contributed by atoms with van der Waals surface area (Å²) in [4.78, 5) is 52.8. The van der Waals surface area contributed by atoms with Gasteiger partial charge in [0.15, 0.2) is 6.61 Å². The highest BCUT2D eigenvalue weighted by molar-refractivity contribution is 9.10. The number of imide groups is 1. The number of amides is 4. The van der Waals surface area contributed by atoms with Gasteiger partial charge in [-0.15, -0.1) is 0 Å². The molecular formula is C25H18BrN3O5. The number of hydrogen-bond donors (Lipinski definition) is 1. The normalized spacial score (nSPS) is 14.6. The number of nitrogens with zero attached hydrogens (tertiary/aromatic N) is 2. The fourth-order valence-corrected chi connectivity index (χ4v) is 4.22. The van der Waals surface area contributed by atoms with Crippen LogP contribution in [0.2, 0.25) is 0 Å². The van der Waals surface area contributed by atoms with E-state index in [1.165, 1.54) is 0 Å². The Balaban J connectivity index is 1.33. The summed E-state index contributed by atoms with van der Waals surface area (Å²) in [6.45, 7) is -0.147. The van der Waals surface area contributed by atoms with Gasteiger partial charge in [-0.05, 0) is 48.0 Å². The van der Waals surface area contributed by atoms with E-state index in [9.17, 15) is 19.2 Å². The van der Waals surface area contributed by atoms with Gasteiger partial charge in [0.2, 0.25) is 5.91 Å². The summed E-state index contributed by atoms with van der Waals surface area (Å²) in [5, 5.41) is 2.71. The van der Waals surface area contributed by atoms with Gasteiger partial charge in [-0.3, -0.25) is 24.1 Å². The number of rotatable bonds is 5. The van der Waals surface area contributed by atoms with Crippen molar-refractivity contribution in [1.82, 2.24) is 4.90 Å². The summed E-state index contributed by atoms with van der Waals surface area (Å²) in [6, 6.07) is 19.1. The second kappa shape index (κ2) is 8.75. The van der Waals surface area contributed by atoms with Crippen LogP contribution in [-0.2, 0) is 16.1 Å². The Morgan fingerprint density at radius 1 is 0.912 bits per heavy atom. The molecule has 0 bridgehead atoms. The Hall–Kier alpha value is -3.98. The fourth-order valence-electron chi connectivity index (χ4n) is 3.95. The average Bonchev–Trinajstić information content (AvgIpc) is 3.07. The predicted octanol–water partition coefficient (Wildman–Crippen LogP) is 3.61. The van der Waals surface area contributed by atoms with E-state index in [2.05, 4.69) is 21.2 Å². The van der Waals surface area contributed by atoms with Crippen molar-refractivity contribution in [2.24, 2.45) is 0 Å². The minimum Gasteiger partial charge on any atom is -0.482 e. The van der Waals surface area contributed by atoms with Gasteiger partial charge in [0.05, 0.1) is 23.4 Å². The smallest absolute Gasteiger partial charge is 0.265 e. The molecule has 2 aliphatic heterocycles. The van der Waals surface area contributed by atoms with Crippen LogP contribution in [0.4, 0.5) is 11.4 Å². The quantitative estimate of drug-likeness (QED) is 0.519. The Morgan fingerprint density at radius 2 is 1.59 bits per heavy atom. The zero-order chi connectivity index (χ0) is 23.8. The summed E-state index contributed by atoms with van der Waals surface area (Å²) >= 11 is 3.40. The number of carbonyl (C=O) groups excluding carboxylic acids is 4. The van der Waals surface area contributed by atoms with Gasteiger partial charge in [-0.25, -0.2) is 0 Å². The maximum atomic E-state index is 12.7. The van der Waals surface area contributed by atoms with Gasteiger partial charge in [-0.1, -0.05) is 40.2 Å². The monoisotopic (exact) mass is 519 g/mol. The molecule has 170 valence electrons. The SMILES string of the molecule is O=C(CN1C(=O)c2ccccc2C1=O)Nc1ccc2c(c1)N(Cc1ccc(Br)cc1)C(=O)CO2. The van der Waals surface area contributed by atoms with Crippen molar-refractivity contribution in [3.63, 3.8) is 0 Å². The maximum absolute atomic E-state index is 12.7. The first-order valence-corrected chi connectivity index (χ1v) is 11.3. The number of nitrogens with one attached hydrogen (secondary N) is 1. The highest BCUT2D eigenvalue weighted by Crippen LogP contribution is 2.35. The first kappa shape index (κ1) is 21.8. The van der Waals surface area contributed by atoms with Crippen molar-refractivity contribution in [2.45, 2.75) is 6.54 Å². The molecule has 0 fully saturated rings. The Kier molecular flexibility index (Phi) is 5.62. The predicted molar refractivity (Wildman–Crippen MR) is 128 cm³/mol. The van der Waals surface area contributed by atoms with E-state index in [0.717, 1.165) is 14.9 Å². The van der Waals surface area contributed by atoms with Crippen LogP contribution in [0.25, 0.3) is 0 Å². The molecule has 2 heterocycles. The minimum absolute atomic E-state index is 0.0744. The Morgan fingerprint density at radius 3 is 2.26 bits per heavy atom. The third-order valence-electron chi connectivity index (χ3n) is 5.62. The number of carbonyl (C=O) groups is 4. The summed E-state index contributed by atoms with van der Waals surface area (Å²) in [7, 11) is 0. The highest BCUT2D eigenvalue weighted by atomic mass is 79.9. The van der Waals surface area contributed by atoms with E-state index in [4.69, 9.17) is 4.74 Å². The molecule has 5 rings (SSSR count). The van der Waals surface area contributed by atoms with Crippen LogP contribution in [0.1, 0.15) is 26.3 Å². The molecule has 3 aromatic rings. The summed E-state index contributed by atoms with van der Waals surface area (Å²) in [6.07, 6.45) is 0. The molecule has 34 heavy (non-hydrogen) atoms. The van der Waals surface area contributed by atoms with Crippen LogP contribution < -0.4 is 15.0 Å². The molecule has 3 aromatic carbocycles. The first-order valence-electron chi connectivity index (χ1n) is 10.5. The van der Waals surface area contributed by atoms with E-state index >= 15 is 0 Å². The molecule has 4 amide bonds. The number of anilines is 2. The summed E-state index contributed by atoms with van der Waals surface area (Å²) < 4.78 is 6.48. The van der Waals surface area contributed by atoms with Gasteiger partial charge >= 0.3 is 0 Å². The maximum Gasteiger partial charge on any atom is 0.265 e. The van der Waals surface area contributed by atoms with Crippen LogP contribution in [0, 0.1) is 0 Å². The molecule has 2 aliphatic rings. The van der Waals surface area contributed by atoms with Crippen LogP contribution in [0.3, 0.4) is 0 Å². The number of ether oxygens (including phenoxy) is 1. The van der Waals surface area contributed by atoms with E-state index in [-0.39, 0.29) is 23.6 Å². The molecule has 0 radical (unpaired) electrons. The second-order valence-electron chi connectivity index (χ2n) is 7.87. The van der Waals surface area contributed by atoms with Crippen LogP contribution in [0.15, 0.2) is 71.2 Å². The van der Waals surface area contributed by atoms with E-state index < -0.39 is 24.3 Å². The van der Waals surface area contributed by atoms with E-state index in [1.54, 1.807) is 47.4 Å². The van der Waals surface area contributed by atoms with Gasteiger partial charge < -0.3 is 15.0 Å². The van der Waals surface area contributed by atoms with Crippen molar-refractivity contribution < 1.29 is 23.9 Å². The lowest BCUT2D eigenvalue weighted by Gasteiger charge is -2.30. The van der Waals surface area contributed by atoms with Crippen LogP contribution >= 0.6 is 15.9 Å². The zero-order valence-corrected chi connectivity index (χ0v) is 19.4. The lowest BCUT2D eigenvalue weighted by atomic mass is 10.1. The molecule has 0 aromatic heterocycles. The zero-order valence-electron chi connectivity index (χ0n) is 17.8. The molecule has 0 aliphatic carbocycles. The Bertz CT molecular complexity index is 1300. The number of hydrogen-bond acceptors (Lipinski definition) is 5. The standard InChI is InChI=1S/C25H18BrN3O5/c26-16-7-5-15(6-8-16)12-28-20-11-17(9-10-21(20)34-14-23(28)31)27-22(30)13-29-24(32)18-3-1-2-4-19(18)25(29)33/h1-11H,12-14H2,(H,27,30). The van der Waals surface area contributed by atoms with Crippen LogP contribution in [-0.4, -0.2) is 41.7 Å².